The van der Waals surface area contributed by atoms with E-state index in [1.807, 2.05) is 0 Å². The van der Waals surface area contributed by atoms with Crippen molar-refractivity contribution in [3.8, 4) is 23.0 Å². The van der Waals surface area contributed by atoms with Gasteiger partial charge in [-0.2, -0.15) is 25.3 Å². The second-order valence-electron chi connectivity index (χ2n) is 20.7. The minimum atomic E-state index is -5.75. The number of phenolic OH excluding ortho intramolecular Hbond substituents is 1. The molecular weight excluding hydrogens is 1220 g/mol. The molecule has 1 N–H and O–H groups in total. The summed E-state index contributed by atoms with van der Waals surface area (Å²) in [7, 11) is -16.8. The number of allylic oxidation sites excluding steroid dienone is 3. The largest absolute Gasteiger partial charge is 0.504 e. The Balaban J connectivity index is 1.24. The van der Waals surface area contributed by atoms with Crippen LogP contribution in [0, 0.1) is 0 Å². The first-order chi connectivity index (χ1) is 41.5. The standard InChI is InChI=1S/C51H30N18O16S3/c1-49(2)18-51(33-23(49)14-16-25(44(33)73)83-86(77,78)27-11-5-8-20-30(27)35(58-64-52)38(61-67-55)45(74)41(20)70)19-50(3,4)24-15-17-26(84-87(79,80)28-12-6-9-21-31(28)36(59-65-53)39(62-68-56)46(75)42(21)71)48(34(24)51)85-88(81,82)29-13-7-10-22-32(29)37(60-66-54)40(63-69-57)47(76)43(22)72/h5-17,73H,18-19H2,1-4H3. The summed E-state index contributed by atoms with van der Waals surface area (Å²) < 4.78 is 108. The van der Waals surface area contributed by atoms with Crippen molar-refractivity contribution in [3.63, 3.8) is 0 Å². The van der Waals surface area contributed by atoms with Gasteiger partial charge in [0, 0.05) is 79.4 Å². The quantitative estimate of drug-likeness (QED) is 0.0334. The van der Waals surface area contributed by atoms with E-state index in [2.05, 4.69) is 60.2 Å². The number of fused-ring (bicyclic) bond motifs is 7. The molecule has 0 bridgehead atoms. The second-order valence-corrected chi connectivity index (χ2v) is 25.2. The van der Waals surface area contributed by atoms with Crippen LogP contribution in [0.1, 0.15) is 111 Å². The van der Waals surface area contributed by atoms with Crippen LogP contribution in [0.3, 0.4) is 0 Å². The van der Waals surface area contributed by atoms with Crippen LogP contribution in [0.25, 0.3) is 79.7 Å². The van der Waals surface area contributed by atoms with Crippen LogP contribution in [0.5, 0.6) is 23.0 Å². The molecule has 0 fully saturated rings. The molecule has 0 amide bonds. The Hall–Kier alpha value is -11.8. The van der Waals surface area contributed by atoms with E-state index in [0.29, 0.717) is 0 Å². The Kier molecular flexibility index (Phi) is 14.0. The normalized spacial score (nSPS) is 17.8. The van der Waals surface area contributed by atoms with E-state index in [4.69, 9.17) is 12.5 Å². The van der Waals surface area contributed by atoms with E-state index in [-0.39, 0.29) is 35.1 Å². The van der Waals surface area contributed by atoms with Crippen LogP contribution in [0.15, 0.2) is 141 Å². The highest BCUT2D eigenvalue weighted by Crippen LogP contribution is 2.68. The van der Waals surface area contributed by atoms with Crippen molar-refractivity contribution in [2.75, 3.05) is 0 Å². The number of benzene rings is 5. The third-order valence-corrected chi connectivity index (χ3v) is 18.7. The van der Waals surface area contributed by atoms with E-state index in [0.717, 1.165) is 66.7 Å². The molecule has 0 aromatic heterocycles. The van der Waals surface area contributed by atoms with Crippen LogP contribution in [-0.2, 0) is 61.0 Å². The first-order valence-corrected chi connectivity index (χ1v) is 28.9. The van der Waals surface area contributed by atoms with Gasteiger partial charge in [-0.3, -0.25) is 28.8 Å². The van der Waals surface area contributed by atoms with Gasteiger partial charge in [0.15, 0.2) is 23.0 Å². The number of carbonyl (C=O) groups is 6. The van der Waals surface area contributed by atoms with Crippen molar-refractivity contribution in [3.05, 3.63) is 214 Å². The Morgan fingerprint density at radius 2 is 0.716 bits per heavy atom. The van der Waals surface area contributed by atoms with Crippen molar-refractivity contribution in [2.45, 2.75) is 71.5 Å². The molecule has 0 saturated carbocycles. The van der Waals surface area contributed by atoms with Gasteiger partial charge in [0.05, 0.1) is 34.2 Å². The molecule has 0 heterocycles. The second kappa shape index (κ2) is 20.8. The number of Topliss-reactive ketones (excluding diaryl/α,β-unsaturated/α-hetero) is 6. The van der Waals surface area contributed by atoms with Crippen molar-refractivity contribution in [1.82, 2.24) is 0 Å². The van der Waals surface area contributed by atoms with Crippen LogP contribution in [-0.4, -0.2) is 65.1 Å². The number of azide groups is 6. The van der Waals surface area contributed by atoms with Gasteiger partial charge < -0.3 is 17.7 Å². The zero-order valence-electron chi connectivity index (χ0n) is 44.8. The van der Waals surface area contributed by atoms with E-state index in [1.54, 1.807) is 27.7 Å². The summed E-state index contributed by atoms with van der Waals surface area (Å²) in [5, 5.41) is 32.5. The number of phenols is 1. The van der Waals surface area contributed by atoms with E-state index < -0.39 is 187 Å². The van der Waals surface area contributed by atoms with Crippen molar-refractivity contribution in [1.29, 1.82) is 0 Å². The van der Waals surface area contributed by atoms with E-state index in [1.165, 1.54) is 12.1 Å². The highest BCUT2D eigenvalue weighted by Gasteiger charge is 2.60. The van der Waals surface area contributed by atoms with Crippen LogP contribution < -0.4 is 12.5 Å². The van der Waals surface area contributed by atoms with Crippen molar-refractivity contribution in [2.24, 2.45) is 30.7 Å². The van der Waals surface area contributed by atoms with Gasteiger partial charge in [-0.15, -0.1) is 0 Å². The molecule has 0 aliphatic heterocycles. The summed E-state index contributed by atoms with van der Waals surface area (Å²) >= 11 is 0. The zero-order chi connectivity index (χ0) is 64.0. The lowest BCUT2D eigenvalue weighted by Crippen LogP contribution is -2.28. The molecule has 438 valence electrons. The van der Waals surface area contributed by atoms with E-state index in [9.17, 15) is 75.5 Å². The van der Waals surface area contributed by atoms with Gasteiger partial charge in [-0.1, -0.05) is 107 Å². The van der Waals surface area contributed by atoms with Gasteiger partial charge in [0.25, 0.3) is 0 Å². The Bertz CT molecular complexity index is 5070. The van der Waals surface area contributed by atoms with Gasteiger partial charge in [0.1, 0.15) is 14.7 Å². The number of ketones is 6. The minimum absolute atomic E-state index is 0.137. The molecule has 1 unspecified atom stereocenters. The average Bonchev–Trinajstić information content (AvgIpc) is 1.52. The maximum absolute atomic E-state index is 15.5. The third-order valence-electron chi connectivity index (χ3n) is 14.9. The first kappa shape index (κ1) is 59.4. The molecule has 34 nitrogen and oxygen atoms in total. The number of hydrogen-bond acceptors (Lipinski definition) is 22. The molecule has 5 aromatic rings. The highest BCUT2D eigenvalue weighted by atomic mass is 32.2. The fourth-order valence-corrected chi connectivity index (χ4v) is 15.4. The fraction of sp³-hybridized carbons (Fsp3) is 0.176. The topological polar surface area (TPSA) is 545 Å². The van der Waals surface area contributed by atoms with Gasteiger partial charge in [0.2, 0.25) is 34.7 Å². The lowest BCUT2D eigenvalue weighted by Gasteiger charge is -2.32. The van der Waals surface area contributed by atoms with Crippen molar-refractivity contribution >= 4 is 82.1 Å². The number of hydrogen-bond donors (Lipinski definition) is 1. The number of nitrogens with zero attached hydrogens (tertiary/aromatic N) is 18. The monoisotopic (exact) mass is 1250 g/mol. The fourth-order valence-electron chi connectivity index (χ4n) is 11.9. The maximum Gasteiger partial charge on any atom is 0.339 e. The van der Waals surface area contributed by atoms with Gasteiger partial charge in [-0.05, 0) is 98.3 Å². The van der Waals surface area contributed by atoms with Crippen molar-refractivity contribution < 1.29 is 71.7 Å². The Morgan fingerprint density at radius 1 is 0.409 bits per heavy atom. The molecule has 88 heavy (non-hydrogen) atoms. The van der Waals surface area contributed by atoms with E-state index >= 15 is 16.8 Å². The minimum Gasteiger partial charge on any atom is -0.504 e. The lowest BCUT2D eigenvalue weighted by atomic mass is 9.72. The molecule has 5 aliphatic carbocycles. The SMILES string of the molecule is CC1(C)CC2(CC(C)(C)c3ccc(OS(=O)(=O)c4cccc5c4C(N=[N+]=[N-])=C(N=[N+]=[N-])C(=O)C5=O)c(OS(=O)(=O)c4cccc5c4C(N=[N+]=[N-])=C(N=[N+]=[N-])C(=O)C5=O)c32)c2c1ccc(OS(=O)(=O)c1cccc3c1C(N=[N+]=[N-])=C(N=[N+]=[N-])C(=O)C3=O)c2O. The molecule has 5 aromatic carbocycles. The van der Waals surface area contributed by atoms with Crippen LogP contribution in [0.2, 0.25) is 0 Å². The Labute approximate surface area is 491 Å². The summed E-state index contributed by atoms with van der Waals surface area (Å²) in [6, 6.07) is 13.0. The number of carbonyl (C=O) groups excluding carboxylic acids is 6. The lowest BCUT2D eigenvalue weighted by molar-refractivity contribution is -0.112. The number of aromatic hydroxyl groups is 1. The molecule has 37 heteroatoms. The predicted octanol–water partition coefficient (Wildman–Crippen LogP) is 10.5. The Morgan fingerprint density at radius 3 is 1.07 bits per heavy atom. The smallest absolute Gasteiger partial charge is 0.339 e. The molecular formula is C51H30N18O16S3. The molecule has 1 spiro atoms. The first-order valence-electron chi connectivity index (χ1n) is 24.6. The summed E-state index contributed by atoms with van der Waals surface area (Å²) in [4.78, 5) is 92.2. The van der Waals surface area contributed by atoms with Gasteiger partial charge >= 0.3 is 30.4 Å². The molecule has 1 atom stereocenters. The molecule has 5 aliphatic rings. The zero-order valence-corrected chi connectivity index (χ0v) is 47.2. The van der Waals surface area contributed by atoms with Gasteiger partial charge in [-0.25, -0.2) is 0 Å². The van der Waals surface area contributed by atoms with Crippen LogP contribution >= 0.6 is 0 Å². The summed E-state index contributed by atoms with van der Waals surface area (Å²) in [5.41, 5.74) is 41.7. The maximum atomic E-state index is 15.5. The molecule has 0 saturated heterocycles. The molecule has 0 radical (unpaired) electrons. The molecule has 10 rings (SSSR count). The summed E-state index contributed by atoms with van der Waals surface area (Å²) in [6.45, 7) is 6.65. The summed E-state index contributed by atoms with van der Waals surface area (Å²) in [5.74, 6) is -12.6. The van der Waals surface area contributed by atoms with Crippen LogP contribution in [0.4, 0.5) is 0 Å². The number of rotatable bonds is 15. The predicted molar refractivity (Wildman–Crippen MR) is 297 cm³/mol. The summed E-state index contributed by atoms with van der Waals surface area (Å²) in [6.07, 6.45) is -0.400. The third kappa shape index (κ3) is 8.93. The average molecular weight is 1250 g/mol. The highest BCUT2D eigenvalue weighted by molar-refractivity contribution is 7.87.